The van der Waals surface area contributed by atoms with Crippen LogP contribution in [0, 0.1) is 6.92 Å². The molecule has 0 radical (unpaired) electrons. The third kappa shape index (κ3) is 3.94. The molecule has 2 aliphatic rings. The summed E-state index contributed by atoms with van der Waals surface area (Å²) in [5.41, 5.74) is 10.1. The number of aryl methyl sites for hydroxylation is 1. The van der Waals surface area contributed by atoms with Crippen LogP contribution in [-0.2, 0) is 22.1 Å². The van der Waals surface area contributed by atoms with E-state index in [1.807, 2.05) is 18.2 Å². The molecule has 7 nitrogen and oxygen atoms in total. The fourth-order valence-electron chi connectivity index (χ4n) is 4.25. The lowest BCUT2D eigenvalue weighted by molar-refractivity contribution is -0.0461. The summed E-state index contributed by atoms with van der Waals surface area (Å²) in [6.07, 6.45) is 0. The van der Waals surface area contributed by atoms with Crippen LogP contribution in [0.5, 0.6) is 5.75 Å². The smallest absolute Gasteiger partial charge is 0.135 e. The lowest BCUT2D eigenvalue weighted by Crippen LogP contribution is -2.61. The summed E-state index contributed by atoms with van der Waals surface area (Å²) in [6, 6.07) is 14.2. The van der Waals surface area contributed by atoms with Gasteiger partial charge in [0.25, 0.3) is 0 Å². The van der Waals surface area contributed by atoms with Crippen LogP contribution in [0.4, 0.5) is 11.5 Å². The van der Waals surface area contributed by atoms with Gasteiger partial charge in [0.05, 0.1) is 47.1 Å². The molecule has 0 bridgehead atoms. The topological polar surface area (TPSA) is 89.7 Å². The van der Waals surface area contributed by atoms with Gasteiger partial charge in [-0.05, 0) is 30.7 Å². The first-order valence-corrected chi connectivity index (χ1v) is 12.1. The van der Waals surface area contributed by atoms with E-state index in [0.29, 0.717) is 44.4 Å². The minimum Gasteiger partial charge on any atom is -0.495 e. The third-order valence-electron chi connectivity index (χ3n) is 6.10. The van der Waals surface area contributed by atoms with Gasteiger partial charge in [0.15, 0.2) is 0 Å². The van der Waals surface area contributed by atoms with Crippen LogP contribution in [0.15, 0.2) is 47.4 Å². The highest BCUT2D eigenvalue weighted by Crippen LogP contribution is 2.33. The van der Waals surface area contributed by atoms with Crippen LogP contribution >= 0.6 is 0 Å². The van der Waals surface area contributed by atoms with Crippen LogP contribution in [0.25, 0.3) is 10.9 Å². The molecule has 168 valence electrons. The molecule has 0 saturated carbocycles. The molecule has 8 heteroatoms. The van der Waals surface area contributed by atoms with E-state index in [0.717, 1.165) is 32.9 Å². The monoisotopic (exact) mass is 452 g/mol. The summed E-state index contributed by atoms with van der Waals surface area (Å²) < 4.78 is 23.8. The Labute approximate surface area is 190 Å². The predicted molar refractivity (Wildman–Crippen MR) is 128 cm³/mol. The first kappa shape index (κ1) is 21.2. The van der Waals surface area contributed by atoms with E-state index >= 15 is 0 Å². The van der Waals surface area contributed by atoms with E-state index in [-0.39, 0.29) is 5.54 Å². The molecule has 1 unspecified atom stereocenters. The summed E-state index contributed by atoms with van der Waals surface area (Å²) in [4.78, 5) is 7.95. The number of rotatable bonds is 5. The Morgan fingerprint density at radius 2 is 2.12 bits per heavy atom. The molecule has 5 rings (SSSR count). The molecule has 0 amide bonds. The molecule has 3 heterocycles. The van der Waals surface area contributed by atoms with Gasteiger partial charge in [-0.25, -0.2) is 4.98 Å². The van der Waals surface area contributed by atoms with E-state index in [4.69, 9.17) is 20.2 Å². The molecule has 1 aromatic heterocycles. The fraction of sp³-hybridized carbons (Fsp3) is 0.375. The summed E-state index contributed by atoms with van der Waals surface area (Å²) in [5.74, 6) is 2.06. The Bertz CT molecular complexity index is 1200. The van der Waals surface area contributed by atoms with Crippen molar-refractivity contribution >= 4 is 33.2 Å². The number of pyridine rings is 1. The molecule has 2 aromatic carbocycles. The maximum atomic E-state index is 13.0. The average Bonchev–Trinajstić information content (AvgIpc) is 2.95. The molecule has 32 heavy (non-hydrogen) atoms. The van der Waals surface area contributed by atoms with Crippen molar-refractivity contribution in [2.24, 2.45) is 5.73 Å². The van der Waals surface area contributed by atoms with Crippen LogP contribution in [-0.4, -0.2) is 53.9 Å². The largest absolute Gasteiger partial charge is 0.495 e. The van der Waals surface area contributed by atoms with Gasteiger partial charge in [-0.15, -0.1) is 0 Å². The number of nitrogens with zero attached hydrogens (tertiary/aromatic N) is 2. The van der Waals surface area contributed by atoms with Crippen LogP contribution in [0.3, 0.4) is 0 Å². The van der Waals surface area contributed by atoms with Crippen molar-refractivity contribution in [3.05, 3.63) is 53.6 Å². The van der Waals surface area contributed by atoms with E-state index in [9.17, 15) is 4.21 Å². The molecule has 1 fully saturated rings. The van der Waals surface area contributed by atoms with Gasteiger partial charge in [-0.1, -0.05) is 23.8 Å². The quantitative estimate of drug-likeness (QED) is 0.615. The van der Waals surface area contributed by atoms with Crippen molar-refractivity contribution in [1.82, 2.24) is 4.98 Å². The molecular formula is C24H28N4O3S. The van der Waals surface area contributed by atoms with Crippen LogP contribution in [0.2, 0.25) is 0 Å². The Hall–Kier alpha value is -2.68. The lowest BCUT2D eigenvalue weighted by Gasteiger charge is -2.38. The molecule has 3 N–H and O–H groups in total. The van der Waals surface area contributed by atoms with Crippen molar-refractivity contribution in [3.8, 4) is 5.75 Å². The minimum atomic E-state index is -1.12. The highest BCUT2D eigenvalue weighted by atomic mass is 32.2. The van der Waals surface area contributed by atoms with Gasteiger partial charge < -0.3 is 25.4 Å². The van der Waals surface area contributed by atoms with Gasteiger partial charge in [0.2, 0.25) is 0 Å². The second-order valence-electron chi connectivity index (χ2n) is 8.68. The Balaban J connectivity index is 1.53. The van der Waals surface area contributed by atoms with Crippen molar-refractivity contribution < 1.29 is 13.7 Å². The zero-order valence-corrected chi connectivity index (χ0v) is 19.2. The third-order valence-corrected chi connectivity index (χ3v) is 7.57. The van der Waals surface area contributed by atoms with Crippen molar-refractivity contribution in [2.75, 3.05) is 49.4 Å². The second-order valence-corrected chi connectivity index (χ2v) is 10.2. The molecule has 2 aliphatic heterocycles. The number of nitrogens with one attached hydrogen (secondary N) is 1. The minimum absolute atomic E-state index is 0.339. The first-order chi connectivity index (χ1) is 15.5. The summed E-state index contributed by atoms with van der Waals surface area (Å²) >= 11 is 0. The molecule has 1 atom stereocenters. The summed E-state index contributed by atoms with van der Waals surface area (Å²) in [7, 11) is 0.499. The molecular weight excluding hydrogens is 424 g/mol. The average molecular weight is 453 g/mol. The molecule has 0 aliphatic carbocycles. The Kier molecular flexibility index (Phi) is 5.53. The number of benzene rings is 2. The first-order valence-electron chi connectivity index (χ1n) is 10.8. The zero-order chi connectivity index (χ0) is 22.3. The molecule has 3 aromatic rings. The number of hydrogen-bond acceptors (Lipinski definition) is 7. The van der Waals surface area contributed by atoms with Gasteiger partial charge >= 0.3 is 0 Å². The number of ether oxygens (including phenoxy) is 2. The van der Waals surface area contributed by atoms with Crippen molar-refractivity contribution in [3.63, 3.8) is 0 Å². The second kappa shape index (κ2) is 8.35. The normalized spacial score (nSPS) is 19.7. The van der Waals surface area contributed by atoms with E-state index in [2.05, 4.69) is 41.4 Å². The lowest BCUT2D eigenvalue weighted by atomic mass is 9.99. The standard InChI is InChI=1S/C24H28N4O3S/c1-16-6-7-19-18(10-16)20(26-13-24(25)14-31-15-24)11-22(27-19)28-8-9-32(29)23-17(12-28)4-3-5-21(23)30-2/h3-7,10-11H,8-9,12-15,25H2,1-2H3,(H,26,27). The number of anilines is 2. The number of hydrogen-bond donors (Lipinski definition) is 2. The summed E-state index contributed by atoms with van der Waals surface area (Å²) in [5, 5.41) is 4.61. The van der Waals surface area contributed by atoms with Gasteiger partial charge in [0.1, 0.15) is 11.6 Å². The number of aromatic nitrogens is 1. The highest BCUT2D eigenvalue weighted by molar-refractivity contribution is 7.85. The number of methoxy groups -OCH3 is 1. The molecule has 0 spiro atoms. The van der Waals surface area contributed by atoms with Crippen LogP contribution < -0.4 is 20.7 Å². The van der Waals surface area contributed by atoms with Crippen LogP contribution in [0.1, 0.15) is 11.1 Å². The van der Waals surface area contributed by atoms with E-state index in [1.54, 1.807) is 7.11 Å². The van der Waals surface area contributed by atoms with Gasteiger partial charge in [0, 0.05) is 42.5 Å². The zero-order valence-electron chi connectivity index (χ0n) is 18.4. The fourth-order valence-corrected chi connectivity index (χ4v) is 5.64. The molecule has 1 saturated heterocycles. The van der Waals surface area contributed by atoms with Gasteiger partial charge in [-0.2, -0.15) is 0 Å². The van der Waals surface area contributed by atoms with Crippen molar-refractivity contribution in [1.29, 1.82) is 0 Å². The maximum Gasteiger partial charge on any atom is 0.135 e. The maximum absolute atomic E-state index is 13.0. The van der Waals surface area contributed by atoms with E-state index in [1.165, 1.54) is 5.56 Å². The SMILES string of the molecule is COc1cccc2c1S(=O)CCN(c1cc(NCC3(N)COC3)c3cc(C)ccc3n1)C2. The Morgan fingerprint density at radius 3 is 2.88 bits per heavy atom. The van der Waals surface area contributed by atoms with E-state index < -0.39 is 10.8 Å². The van der Waals surface area contributed by atoms with Crippen molar-refractivity contribution in [2.45, 2.75) is 23.9 Å². The summed E-state index contributed by atoms with van der Waals surface area (Å²) in [6.45, 7) is 5.09. The number of fused-ring (bicyclic) bond motifs is 2. The Morgan fingerprint density at radius 1 is 1.28 bits per heavy atom. The predicted octanol–water partition coefficient (Wildman–Crippen LogP) is 2.82. The van der Waals surface area contributed by atoms with Gasteiger partial charge in [-0.3, -0.25) is 4.21 Å². The highest BCUT2D eigenvalue weighted by Gasteiger charge is 2.34. The number of nitrogens with two attached hydrogens (primary N) is 1.